The van der Waals surface area contributed by atoms with Crippen LogP contribution in [0.4, 0.5) is 17.6 Å². The van der Waals surface area contributed by atoms with E-state index in [-0.39, 0.29) is 0 Å². The molecule has 0 aromatic heterocycles. The van der Waals surface area contributed by atoms with Gasteiger partial charge in [0.15, 0.2) is 0 Å². The Balaban J connectivity index is 1.89. The molecule has 0 unspecified atom stereocenters. The number of hydrogen-bond donors (Lipinski definition) is 0. The molecule has 0 saturated heterocycles. The van der Waals surface area contributed by atoms with E-state index in [4.69, 9.17) is 5.63 Å². The number of benzene rings is 2. The predicted molar refractivity (Wildman–Crippen MR) is 97.7 cm³/mol. The van der Waals surface area contributed by atoms with E-state index in [1.807, 2.05) is 12.2 Å². The molecular weight excluding hydrogens is 463 g/mol. The summed E-state index contributed by atoms with van der Waals surface area (Å²) in [5.74, 6) is -4.80. The first-order chi connectivity index (χ1) is 14.0. The Labute approximate surface area is 171 Å². The second-order valence-electron chi connectivity index (χ2n) is 6.57. The van der Waals surface area contributed by atoms with Gasteiger partial charge in [-0.1, -0.05) is 0 Å². The Bertz CT molecular complexity index is 946. The molecule has 0 heterocycles. The number of hydrogen-bond acceptors (Lipinski definition) is 2. The van der Waals surface area contributed by atoms with Gasteiger partial charge in [0.25, 0.3) is 0 Å². The number of halogens is 4. The molecule has 0 spiro atoms. The number of allylic oxidation sites excluding steroid dienone is 8. The zero-order valence-electron chi connectivity index (χ0n) is 15.2. The van der Waals surface area contributed by atoms with E-state index in [9.17, 15) is 17.6 Å². The maximum atomic E-state index is 14.4. The molecule has 2 aromatic carbocycles. The molecule has 2 nitrogen and oxygen atoms in total. The Hall–Kier alpha value is -2.40. The van der Waals surface area contributed by atoms with Crippen molar-refractivity contribution in [1.82, 2.24) is 0 Å². The molecule has 0 bridgehead atoms. The molecule has 0 fully saturated rings. The molecule has 0 N–H and O–H groups in total. The summed E-state index contributed by atoms with van der Waals surface area (Å²) in [7, 11) is 0. The SMILES string of the molecule is Fc1cccc(F)c1[O][Zr]([O]c1c(F)cccc1F)([C]1=CC=CC1)[C]1=CC=CC1. The van der Waals surface area contributed by atoms with E-state index in [1.165, 1.54) is 12.1 Å². The van der Waals surface area contributed by atoms with Gasteiger partial charge in [0.05, 0.1) is 0 Å². The summed E-state index contributed by atoms with van der Waals surface area (Å²) in [6.45, 7) is 0. The van der Waals surface area contributed by atoms with Crippen molar-refractivity contribution in [2.45, 2.75) is 12.8 Å². The zero-order valence-corrected chi connectivity index (χ0v) is 17.6. The molecule has 0 amide bonds. The topological polar surface area (TPSA) is 18.5 Å². The standard InChI is InChI=1S/2C6H4F2O.2C5H5.Zr/c2*7-4-2-1-3-5(8)6(4)9;2*1-2-4-5-3-1;/h2*1-3,9H;2*1-3H,4H2;/q;;;;+2/p-2. The van der Waals surface area contributed by atoms with Crippen LogP contribution in [0.25, 0.3) is 0 Å². The maximum absolute atomic E-state index is 14.4. The van der Waals surface area contributed by atoms with Crippen molar-refractivity contribution in [2.75, 3.05) is 0 Å². The van der Waals surface area contributed by atoms with Crippen LogP contribution in [0.3, 0.4) is 0 Å². The Morgan fingerprint density at radius 2 is 1.00 bits per heavy atom. The molecule has 2 aliphatic carbocycles. The van der Waals surface area contributed by atoms with Crippen LogP contribution in [-0.2, 0) is 21.1 Å². The Morgan fingerprint density at radius 1 is 0.621 bits per heavy atom. The summed E-state index contributed by atoms with van der Waals surface area (Å²) in [4.78, 5) is 0. The minimum absolute atomic E-state index is 0.416. The van der Waals surface area contributed by atoms with E-state index < -0.39 is 55.9 Å². The van der Waals surface area contributed by atoms with E-state index in [0.29, 0.717) is 19.4 Å². The Morgan fingerprint density at radius 3 is 1.31 bits per heavy atom. The summed E-state index contributed by atoms with van der Waals surface area (Å²) in [5.41, 5.74) is 0. The molecule has 0 radical (unpaired) electrons. The van der Waals surface area contributed by atoms with Gasteiger partial charge in [-0.15, -0.1) is 0 Å². The predicted octanol–water partition coefficient (Wildman–Crippen LogP) is 6.37. The molecule has 2 aromatic rings. The van der Waals surface area contributed by atoms with E-state index in [0.717, 1.165) is 24.3 Å². The summed E-state index contributed by atoms with van der Waals surface area (Å²) < 4.78 is 71.2. The third kappa shape index (κ3) is 3.76. The molecule has 0 atom stereocenters. The molecular formula is C22H16F4O2Zr. The zero-order chi connectivity index (χ0) is 20.4. The second-order valence-corrected chi connectivity index (χ2v) is 13.8. The minimum atomic E-state index is -4.91. The average Bonchev–Trinajstić information content (AvgIpc) is 3.41. The van der Waals surface area contributed by atoms with Gasteiger partial charge in [0.2, 0.25) is 0 Å². The van der Waals surface area contributed by atoms with E-state index >= 15 is 0 Å². The molecule has 0 saturated carbocycles. The van der Waals surface area contributed by atoms with E-state index in [2.05, 4.69) is 0 Å². The van der Waals surface area contributed by atoms with Gasteiger partial charge < -0.3 is 0 Å². The molecule has 2 aliphatic rings. The molecule has 29 heavy (non-hydrogen) atoms. The van der Waals surface area contributed by atoms with Crippen LogP contribution in [0.15, 0.2) is 79.4 Å². The fourth-order valence-electron chi connectivity index (χ4n) is 3.32. The van der Waals surface area contributed by atoms with Gasteiger partial charge in [0.1, 0.15) is 0 Å². The average molecular weight is 480 g/mol. The Kier molecular flexibility index (Phi) is 5.59. The second kappa shape index (κ2) is 8.15. The van der Waals surface area contributed by atoms with Crippen molar-refractivity contribution in [3.05, 3.63) is 103 Å². The quantitative estimate of drug-likeness (QED) is 0.448. The van der Waals surface area contributed by atoms with Crippen LogP contribution in [0.1, 0.15) is 12.8 Å². The van der Waals surface area contributed by atoms with Gasteiger partial charge in [-0.3, -0.25) is 0 Å². The number of para-hydroxylation sites is 2. The van der Waals surface area contributed by atoms with Gasteiger partial charge in [-0.05, 0) is 0 Å². The van der Waals surface area contributed by atoms with Crippen molar-refractivity contribution in [3.8, 4) is 11.5 Å². The molecule has 7 heteroatoms. The van der Waals surface area contributed by atoms with Crippen LogP contribution in [0.2, 0.25) is 0 Å². The van der Waals surface area contributed by atoms with Crippen molar-refractivity contribution >= 4 is 0 Å². The molecule has 4 rings (SSSR count). The summed E-state index contributed by atoms with van der Waals surface area (Å²) in [5, 5.41) is 0. The third-order valence-electron chi connectivity index (χ3n) is 4.72. The van der Waals surface area contributed by atoms with Crippen LogP contribution in [0, 0.1) is 23.3 Å². The fourth-order valence-corrected chi connectivity index (χ4v) is 11.5. The van der Waals surface area contributed by atoms with E-state index in [1.54, 1.807) is 24.3 Å². The first-order valence-electron chi connectivity index (χ1n) is 8.99. The van der Waals surface area contributed by atoms with Crippen molar-refractivity contribution in [2.24, 2.45) is 0 Å². The van der Waals surface area contributed by atoms with Gasteiger partial charge in [-0.2, -0.15) is 0 Å². The fraction of sp³-hybridized carbons (Fsp3) is 0.0909. The van der Waals surface area contributed by atoms with Gasteiger partial charge in [0, 0.05) is 0 Å². The summed E-state index contributed by atoms with van der Waals surface area (Å²) >= 11 is -4.91. The first kappa shape index (κ1) is 19.9. The normalized spacial score (nSPS) is 15.4. The van der Waals surface area contributed by atoms with Crippen molar-refractivity contribution in [3.63, 3.8) is 0 Å². The summed E-state index contributed by atoms with van der Waals surface area (Å²) in [6.07, 6.45) is 11.5. The molecule has 0 aliphatic heterocycles. The van der Waals surface area contributed by atoms with Crippen LogP contribution in [0.5, 0.6) is 11.5 Å². The molecule has 148 valence electrons. The van der Waals surface area contributed by atoms with Crippen LogP contribution in [-0.4, -0.2) is 0 Å². The van der Waals surface area contributed by atoms with Crippen LogP contribution >= 0.6 is 0 Å². The van der Waals surface area contributed by atoms with Crippen molar-refractivity contribution < 1.29 is 44.3 Å². The van der Waals surface area contributed by atoms with Gasteiger partial charge >= 0.3 is 171 Å². The van der Waals surface area contributed by atoms with Crippen LogP contribution < -0.4 is 5.63 Å². The number of rotatable bonds is 6. The van der Waals surface area contributed by atoms with Crippen molar-refractivity contribution in [1.29, 1.82) is 0 Å². The first-order valence-corrected chi connectivity index (χ1v) is 13.5. The summed E-state index contributed by atoms with van der Waals surface area (Å²) in [6, 6.07) is 6.73. The third-order valence-corrected chi connectivity index (χ3v) is 13.1. The monoisotopic (exact) mass is 478 g/mol. The van der Waals surface area contributed by atoms with Gasteiger partial charge in [-0.25, -0.2) is 0 Å².